The summed E-state index contributed by atoms with van der Waals surface area (Å²) >= 11 is 0. The molecule has 0 bridgehead atoms. The second-order valence-electron chi connectivity index (χ2n) is 21.9. The van der Waals surface area contributed by atoms with E-state index >= 15 is 0 Å². The van der Waals surface area contributed by atoms with Gasteiger partial charge in [-0.1, -0.05) is 179 Å². The van der Waals surface area contributed by atoms with E-state index in [0.717, 1.165) is 0 Å². The van der Waals surface area contributed by atoms with Crippen molar-refractivity contribution in [3.05, 3.63) is 105 Å². The Hall–Kier alpha value is -3.12. The number of benzene rings is 4. The molecule has 0 amide bonds. The Kier molecular flexibility index (Phi) is 10.4. The molecule has 0 heteroatoms. The van der Waals surface area contributed by atoms with Crippen LogP contribution in [0.1, 0.15) is 175 Å². The maximum Gasteiger partial charge on any atom is -0.0113 e. The molecule has 0 N–H and O–H groups in total. The Morgan fingerprint density at radius 2 is 0.373 bits per heavy atom. The second-order valence-corrected chi connectivity index (χ2v) is 21.9. The fraction of sp³-hybridized carbons (Fsp3) is 0.529. The molecule has 4 aromatic carbocycles. The molecule has 0 radical (unpaired) electrons. The lowest BCUT2D eigenvalue weighted by Crippen LogP contribution is -2.17. The zero-order valence-corrected chi connectivity index (χ0v) is 36.7. The molecule has 276 valence electrons. The van der Waals surface area contributed by atoms with Gasteiger partial charge in [0.25, 0.3) is 0 Å². The molecule has 4 rings (SSSR count). The van der Waals surface area contributed by atoms with Gasteiger partial charge in [0, 0.05) is 0 Å². The van der Waals surface area contributed by atoms with E-state index in [1.807, 2.05) is 0 Å². The van der Waals surface area contributed by atoms with Crippen LogP contribution in [0.3, 0.4) is 0 Å². The van der Waals surface area contributed by atoms with Crippen LogP contribution in [0.15, 0.2) is 54.6 Å². The molecular weight excluding hydrogens is 613 g/mol. The van der Waals surface area contributed by atoms with Gasteiger partial charge < -0.3 is 0 Å². The van der Waals surface area contributed by atoms with E-state index in [4.69, 9.17) is 0 Å². The smallest absolute Gasteiger partial charge is 0.0113 e. The van der Waals surface area contributed by atoms with Gasteiger partial charge in [0.15, 0.2) is 0 Å². The molecule has 0 spiro atoms. The standard InChI is InChI=1S/C51H72/c1-31-43(34-22-37(46(4,5)6)28-38(23-34)47(7,8)9)32(2)45(36-26-41(50(16,17)18)30-42(27-36)51(19,20)21)33(3)44(31)35-24-39(48(10,11)12)29-40(25-35)49(13,14)15/h22-30H,1-21H3. The molecule has 0 heterocycles. The fourth-order valence-electron chi connectivity index (χ4n) is 7.43. The molecular formula is C51H72. The van der Waals surface area contributed by atoms with Crippen molar-refractivity contribution in [1.29, 1.82) is 0 Å². The molecule has 0 aromatic heterocycles. The van der Waals surface area contributed by atoms with E-state index in [2.05, 4.69) is 200 Å². The van der Waals surface area contributed by atoms with E-state index in [1.165, 1.54) is 83.5 Å². The van der Waals surface area contributed by atoms with Gasteiger partial charge in [-0.2, -0.15) is 0 Å². The molecule has 0 fully saturated rings. The van der Waals surface area contributed by atoms with Crippen LogP contribution >= 0.6 is 0 Å². The third-order valence-electron chi connectivity index (χ3n) is 11.1. The predicted molar refractivity (Wildman–Crippen MR) is 229 cm³/mol. The molecule has 0 saturated heterocycles. The van der Waals surface area contributed by atoms with E-state index in [1.54, 1.807) is 0 Å². The molecule has 0 aliphatic carbocycles. The fourth-order valence-corrected chi connectivity index (χ4v) is 7.43. The van der Waals surface area contributed by atoms with Gasteiger partial charge in [0.1, 0.15) is 0 Å². The van der Waals surface area contributed by atoms with Crippen LogP contribution < -0.4 is 0 Å². The van der Waals surface area contributed by atoms with Crippen LogP contribution in [0.2, 0.25) is 0 Å². The summed E-state index contributed by atoms with van der Waals surface area (Å²) in [5.41, 5.74) is 20.7. The maximum absolute atomic E-state index is 2.49. The minimum Gasteiger partial charge on any atom is -0.0561 e. The molecule has 0 saturated carbocycles. The van der Waals surface area contributed by atoms with Gasteiger partial charge in [0.05, 0.1) is 0 Å². The first-order valence-corrected chi connectivity index (χ1v) is 19.4. The summed E-state index contributed by atoms with van der Waals surface area (Å²) in [6.45, 7) is 49.5. The molecule has 0 aliphatic rings. The van der Waals surface area contributed by atoms with Crippen molar-refractivity contribution in [1.82, 2.24) is 0 Å². The summed E-state index contributed by atoms with van der Waals surface area (Å²) in [6.07, 6.45) is 0. The topological polar surface area (TPSA) is 0 Å². The van der Waals surface area contributed by atoms with Crippen molar-refractivity contribution in [3.63, 3.8) is 0 Å². The first kappa shape index (κ1) is 40.6. The third-order valence-corrected chi connectivity index (χ3v) is 11.1. The summed E-state index contributed by atoms with van der Waals surface area (Å²) in [5, 5.41) is 0. The quantitative estimate of drug-likeness (QED) is 0.201. The van der Waals surface area contributed by atoms with Gasteiger partial charge in [0.2, 0.25) is 0 Å². The lowest BCUT2D eigenvalue weighted by molar-refractivity contribution is 0.568. The number of hydrogen-bond acceptors (Lipinski definition) is 0. The van der Waals surface area contributed by atoms with Crippen LogP contribution in [-0.2, 0) is 32.5 Å². The second kappa shape index (κ2) is 13.1. The number of hydrogen-bond donors (Lipinski definition) is 0. The molecule has 0 atom stereocenters. The van der Waals surface area contributed by atoms with E-state index in [-0.39, 0.29) is 32.5 Å². The van der Waals surface area contributed by atoms with Crippen molar-refractivity contribution < 1.29 is 0 Å². The highest BCUT2D eigenvalue weighted by molar-refractivity contribution is 5.92. The summed E-state index contributed by atoms with van der Waals surface area (Å²) in [5.74, 6) is 0. The zero-order chi connectivity index (χ0) is 39.0. The van der Waals surface area contributed by atoms with Crippen molar-refractivity contribution >= 4 is 0 Å². The number of rotatable bonds is 3. The SMILES string of the molecule is Cc1c(-c2cc(C(C)(C)C)cc(C(C)(C)C)c2)c(C)c(-c2cc(C(C)(C)C)cc(C(C)(C)C)c2)c(C)c1-c1cc(C(C)(C)C)cc(C(C)(C)C)c1. The lowest BCUT2D eigenvalue weighted by Gasteiger charge is -2.31. The normalized spacial score (nSPS) is 13.6. The minimum absolute atomic E-state index is 0.0273. The van der Waals surface area contributed by atoms with Crippen LogP contribution in [-0.4, -0.2) is 0 Å². The molecule has 0 unspecified atom stereocenters. The van der Waals surface area contributed by atoms with Gasteiger partial charge in [-0.25, -0.2) is 0 Å². The van der Waals surface area contributed by atoms with Crippen molar-refractivity contribution in [2.24, 2.45) is 0 Å². The molecule has 0 aliphatic heterocycles. The summed E-state index contributed by atoms with van der Waals surface area (Å²) in [6, 6.07) is 22.3. The Bertz CT molecular complexity index is 1590. The van der Waals surface area contributed by atoms with Crippen molar-refractivity contribution in [2.45, 2.75) is 178 Å². The highest BCUT2D eigenvalue weighted by atomic mass is 14.3. The first-order chi connectivity index (χ1) is 22.8. The summed E-state index contributed by atoms with van der Waals surface area (Å²) < 4.78 is 0. The first-order valence-electron chi connectivity index (χ1n) is 19.4. The highest BCUT2D eigenvalue weighted by Gasteiger charge is 2.29. The van der Waals surface area contributed by atoms with E-state index in [9.17, 15) is 0 Å². The monoisotopic (exact) mass is 685 g/mol. The molecule has 4 aromatic rings. The Morgan fingerprint density at radius 1 is 0.235 bits per heavy atom. The largest absolute Gasteiger partial charge is 0.0561 e. The maximum atomic E-state index is 2.49. The van der Waals surface area contributed by atoms with Gasteiger partial charge in [-0.3, -0.25) is 0 Å². The van der Waals surface area contributed by atoms with Gasteiger partial charge in [-0.15, -0.1) is 0 Å². The Morgan fingerprint density at radius 3 is 0.490 bits per heavy atom. The third kappa shape index (κ3) is 8.58. The van der Waals surface area contributed by atoms with Crippen LogP contribution in [0, 0.1) is 20.8 Å². The van der Waals surface area contributed by atoms with Crippen LogP contribution in [0.5, 0.6) is 0 Å². The van der Waals surface area contributed by atoms with Crippen molar-refractivity contribution in [3.8, 4) is 33.4 Å². The zero-order valence-electron chi connectivity index (χ0n) is 36.7. The summed E-state index contributed by atoms with van der Waals surface area (Å²) in [4.78, 5) is 0. The van der Waals surface area contributed by atoms with Gasteiger partial charge >= 0.3 is 0 Å². The average molecular weight is 685 g/mol. The summed E-state index contributed by atoms with van der Waals surface area (Å²) in [7, 11) is 0. The van der Waals surface area contributed by atoms with Gasteiger partial charge in [-0.05, 0) is 137 Å². The Balaban J connectivity index is 2.33. The molecule has 0 nitrogen and oxygen atoms in total. The highest BCUT2D eigenvalue weighted by Crippen LogP contribution is 2.48. The predicted octanol–water partition coefficient (Wildman–Crippen LogP) is 15.4. The van der Waals surface area contributed by atoms with E-state index < -0.39 is 0 Å². The van der Waals surface area contributed by atoms with Crippen molar-refractivity contribution in [2.75, 3.05) is 0 Å². The molecule has 51 heavy (non-hydrogen) atoms. The Labute approximate surface area is 314 Å². The lowest BCUT2D eigenvalue weighted by atomic mass is 9.74. The average Bonchev–Trinajstić information content (AvgIpc) is 2.94. The van der Waals surface area contributed by atoms with Crippen LogP contribution in [0.4, 0.5) is 0 Å². The van der Waals surface area contributed by atoms with E-state index in [0.29, 0.717) is 0 Å². The minimum atomic E-state index is 0.0273. The van der Waals surface area contributed by atoms with Crippen LogP contribution in [0.25, 0.3) is 33.4 Å².